The zero-order valence-corrected chi connectivity index (χ0v) is 12.5. The highest BCUT2D eigenvalue weighted by Crippen LogP contribution is 2.18. The molecule has 4 nitrogen and oxygen atoms in total. The van der Waals surface area contributed by atoms with Crippen LogP contribution in [0.3, 0.4) is 0 Å². The molecule has 1 aromatic carbocycles. The van der Waals surface area contributed by atoms with Crippen LogP contribution in [0.4, 0.5) is 0 Å². The Morgan fingerprint density at radius 2 is 2.10 bits per heavy atom. The Morgan fingerprint density at radius 1 is 1.20 bits per heavy atom. The van der Waals surface area contributed by atoms with Crippen LogP contribution in [-0.4, -0.2) is 30.2 Å². The summed E-state index contributed by atoms with van der Waals surface area (Å²) >= 11 is 0. The smallest absolute Gasteiger partial charge is 0.121 e. The summed E-state index contributed by atoms with van der Waals surface area (Å²) in [5.74, 6) is 1.90. The van der Waals surface area contributed by atoms with E-state index in [-0.39, 0.29) is 0 Å². The van der Waals surface area contributed by atoms with Gasteiger partial charge >= 0.3 is 0 Å². The number of ether oxygens (including phenoxy) is 1. The number of aromatic amines is 1. The third kappa shape index (κ3) is 4.23. The van der Waals surface area contributed by atoms with E-state index in [1.165, 1.54) is 25.7 Å². The Balaban J connectivity index is 1.76. The number of H-pyrrole nitrogens is 1. The van der Waals surface area contributed by atoms with E-state index in [2.05, 4.69) is 22.2 Å². The first-order chi connectivity index (χ1) is 9.83. The van der Waals surface area contributed by atoms with Crippen molar-refractivity contribution in [3.05, 3.63) is 24.0 Å². The highest BCUT2D eigenvalue weighted by atomic mass is 16.5. The lowest BCUT2D eigenvalue weighted by atomic mass is 10.2. The lowest BCUT2D eigenvalue weighted by molar-refractivity contribution is 0.415. The summed E-state index contributed by atoms with van der Waals surface area (Å²) in [7, 11) is 1.68. The van der Waals surface area contributed by atoms with Crippen LogP contribution in [0.1, 0.15) is 38.4 Å². The van der Waals surface area contributed by atoms with E-state index in [0.29, 0.717) is 0 Å². The van der Waals surface area contributed by atoms with E-state index < -0.39 is 0 Å². The van der Waals surface area contributed by atoms with E-state index in [1.807, 2.05) is 18.2 Å². The minimum Gasteiger partial charge on any atom is -0.497 e. The van der Waals surface area contributed by atoms with Crippen LogP contribution in [0.5, 0.6) is 5.75 Å². The Hall–Kier alpha value is -1.55. The average molecular weight is 275 g/mol. The molecule has 0 unspecified atom stereocenters. The number of benzene rings is 1. The van der Waals surface area contributed by atoms with Crippen LogP contribution < -0.4 is 10.1 Å². The molecule has 0 saturated heterocycles. The Bertz CT molecular complexity index is 521. The molecule has 0 aliphatic heterocycles. The SMILES string of the molecule is CCCCCCNCCc1nc2ccc(OC)cc2[nH]1. The lowest BCUT2D eigenvalue weighted by Gasteiger charge is -2.02. The molecule has 2 rings (SSSR count). The van der Waals surface area contributed by atoms with Crippen molar-refractivity contribution in [2.75, 3.05) is 20.2 Å². The summed E-state index contributed by atoms with van der Waals surface area (Å²) < 4.78 is 5.22. The molecule has 0 fully saturated rings. The number of rotatable bonds is 9. The highest BCUT2D eigenvalue weighted by molar-refractivity contribution is 5.76. The highest BCUT2D eigenvalue weighted by Gasteiger charge is 2.03. The molecule has 1 heterocycles. The molecule has 0 bridgehead atoms. The summed E-state index contributed by atoms with van der Waals surface area (Å²) in [6.45, 7) is 4.32. The zero-order valence-electron chi connectivity index (χ0n) is 12.5. The normalized spacial score (nSPS) is 11.1. The van der Waals surface area contributed by atoms with Gasteiger partial charge in [-0.25, -0.2) is 4.98 Å². The first-order valence-electron chi connectivity index (χ1n) is 7.57. The maximum atomic E-state index is 5.22. The van der Waals surface area contributed by atoms with Crippen molar-refractivity contribution in [2.24, 2.45) is 0 Å². The third-order valence-corrected chi connectivity index (χ3v) is 3.48. The fourth-order valence-electron chi connectivity index (χ4n) is 2.30. The van der Waals surface area contributed by atoms with Crippen molar-refractivity contribution >= 4 is 11.0 Å². The van der Waals surface area contributed by atoms with Gasteiger partial charge in [0.05, 0.1) is 18.1 Å². The van der Waals surface area contributed by atoms with E-state index in [0.717, 1.165) is 42.1 Å². The van der Waals surface area contributed by atoms with Crippen molar-refractivity contribution in [1.82, 2.24) is 15.3 Å². The summed E-state index contributed by atoms with van der Waals surface area (Å²) in [5, 5.41) is 3.47. The van der Waals surface area contributed by atoms with E-state index in [1.54, 1.807) is 7.11 Å². The fourth-order valence-corrected chi connectivity index (χ4v) is 2.30. The molecule has 20 heavy (non-hydrogen) atoms. The van der Waals surface area contributed by atoms with Crippen LogP contribution in [0.15, 0.2) is 18.2 Å². The van der Waals surface area contributed by atoms with Crippen molar-refractivity contribution in [1.29, 1.82) is 0 Å². The van der Waals surface area contributed by atoms with Crippen LogP contribution in [0.25, 0.3) is 11.0 Å². The Morgan fingerprint density at radius 3 is 2.90 bits per heavy atom. The summed E-state index contributed by atoms with van der Waals surface area (Å²) in [4.78, 5) is 7.93. The van der Waals surface area contributed by atoms with Gasteiger partial charge in [0, 0.05) is 19.0 Å². The monoisotopic (exact) mass is 275 g/mol. The number of fused-ring (bicyclic) bond motifs is 1. The second kappa shape index (κ2) is 7.90. The molecule has 2 N–H and O–H groups in total. The molecule has 0 radical (unpaired) electrons. The van der Waals surface area contributed by atoms with Gasteiger partial charge in [-0.15, -0.1) is 0 Å². The molecule has 0 spiro atoms. The predicted octanol–water partition coefficient (Wildman–Crippen LogP) is 3.28. The number of aromatic nitrogens is 2. The minimum absolute atomic E-state index is 0.863. The molecule has 0 saturated carbocycles. The maximum absolute atomic E-state index is 5.22. The zero-order chi connectivity index (χ0) is 14.2. The second-order valence-electron chi connectivity index (χ2n) is 5.13. The molecule has 0 atom stereocenters. The van der Waals surface area contributed by atoms with Gasteiger partial charge in [-0.1, -0.05) is 26.2 Å². The molecule has 0 aliphatic rings. The molecule has 2 aromatic rings. The third-order valence-electron chi connectivity index (χ3n) is 3.48. The number of unbranched alkanes of at least 4 members (excludes halogenated alkanes) is 3. The molecule has 0 amide bonds. The van der Waals surface area contributed by atoms with E-state index >= 15 is 0 Å². The number of imidazole rings is 1. The molecular formula is C16H25N3O. The number of hydrogen-bond acceptors (Lipinski definition) is 3. The van der Waals surface area contributed by atoms with Crippen molar-refractivity contribution in [2.45, 2.75) is 39.0 Å². The summed E-state index contributed by atoms with van der Waals surface area (Å²) in [6, 6.07) is 5.93. The van der Waals surface area contributed by atoms with Crippen LogP contribution >= 0.6 is 0 Å². The first-order valence-corrected chi connectivity index (χ1v) is 7.57. The average Bonchev–Trinajstić information content (AvgIpc) is 2.87. The summed E-state index contributed by atoms with van der Waals surface area (Å²) in [6.07, 6.45) is 6.17. The van der Waals surface area contributed by atoms with Gasteiger partial charge in [-0.2, -0.15) is 0 Å². The van der Waals surface area contributed by atoms with Gasteiger partial charge in [0.15, 0.2) is 0 Å². The van der Waals surface area contributed by atoms with Gasteiger partial charge in [-0.05, 0) is 25.1 Å². The molecule has 1 aromatic heterocycles. The van der Waals surface area contributed by atoms with Crippen molar-refractivity contribution in [3.63, 3.8) is 0 Å². The van der Waals surface area contributed by atoms with E-state index in [4.69, 9.17) is 4.74 Å². The predicted molar refractivity (Wildman–Crippen MR) is 83.4 cm³/mol. The number of hydrogen-bond donors (Lipinski definition) is 2. The quantitative estimate of drug-likeness (QED) is 0.690. The van der Waals surface area contributed by atoms with Crippen molar-refractivity contribution in [3.8, 4) is 5.75 Å². The number of nitrogens with one attached hydrogen (secondary N) is 2. The Kier molecular flexibility index (Phi) is 5.87. The molecule has 110 valence electrons. The number of methoxy groups -OCH3 is 1. The minimum atomic E-state index is 0.863. The van der Waals surface area contributed by atoms with Gasteiger partial charge in [0.1, 0.15) is 11.6 Å². The lowest BCUT2D eigenvalue weighted by Crippen LogP contribution is -2.18. The Labute approximate surface area is 120 Å². The van der Waals surface area contributed by atoms with Crippen molar-refractivity contribution < 1.29 is 4.74 Å². The molecule has 0 aliphatic carbocycles. The summed E-state index contributed by atoms with van der Waals surface area (Å²) in [5.41, 5.74) is 2.05. The maximum Gasteiger partial charge on any atom is 0.121 e. The van der Waals surface area contributed by atoms with Gasteiger partial charge in [0.25, 0.3) is 0 Å². The topological polar surface area (TPSA) is 49.9 Å². The van der Waals surface area contributed by atoms with Crippen LogP contribution in [0.2, 0.25) is 0 Å². The van der Waals surface area contributed by atoms with Crippen LogP contribution in [0, 0.1) is 0 Å². The fraction of sp³-hybridized carbons (Fsp3) is 0.562. The first kappa shape index (κ1) is 14.9. The van der Waals surface area contributed by atoms with Crippen LogP contribution in [-0.2, 0) is 6.42 Å². The van der Waals surface area contributed by atoms with Gasteiger partial charge in [0.2, 0.25) is 0 Å². The molecule has 4 heteroatoms. The second-order valence-corrected chi connectivity index (χ2v) is 5.13. The van der Waals surface area contributed by atoms with E-state index in [9.17, 15) is 0 Å². The number of nitrogens with zero attached hydrogens (tertiary/aromatic N) is 1. The van der Waals surface area contributed by atoms with Gasteiger partial charge in [-0.3, -0.25) is 0 Å². The largest absolute Gasteiger partial charge is 0.497 e. The molecular weight excluding hydrogens is 250 g/mol. The standard InChI is InChI=1S/C16H25N3O/c1-3-4-5-6-10-17-11-9-16-18-14-8-7-13(20-2)12-15(14)19-16/h7-8,12,17H,3-6,9-11H2,1-2H3,(H,18,19). The van der Waals surface area contributed by atoms with Gasteiger partial charge < -0.3 is 15.0 Å².